The molecule has 1 amide bonds. The Hall–Kier alpha value is -1.45. The zero-order valence-corrected chi connectivity index (χ0v) is 17.2. The summed E-state index contributed by atoms with van der Waals surface area (Å²) < 4.78 is 71.9. The van der Waals surface area contributed by atoms with Crippen LogP contribution in [0.25, 0.3) is 0 Å². The number of nitrogens with one attached hydrogen (secondary N) is 1. The minimum Gasteiger partial charge on any atom is -0.446 e. The van der Waals surface area contributed by atoms with E-state index in [1.165, 1.54) is 6.08 Å². The van der Waals surface area contributed by atoms with Crippen LogP contribution >= 0.6 is 0 Å². The number of alkyl halides is 3. The molecule has 1 heterocycles. The van der Waals surface area contributed by atoms with Crippen molar-refractivity contribution in [3.63, 3.8) is 0 Å². The number of ether oxygens (including phenoxy) is 1. The lowest BCUT2D eigenvalue weighted by Crippen LogP contribution is -2.54. The molecular formula is C19H26F3NO5S. The molecule has 2 saturated carbocycles. The largest absolute Gasteiger partial charge is 0.534 e. The first-order chi connectivity index (χ1) is 13.4. The standard InChI is InChI=1S/C19H26F3NO5S/c1-17-8-7-13-11(3-5-14-18(13,2)9-10-23-16(24)27-14)12(17)4-6-15(17)28-29(25,26)19(20,21)22/h6,11-14H,3-5,7-10H2,1-2H3,(H,23,24)/t11-,12-,13?,14?,17-,18+/m0/s1. The van der Waals surface area contributed by atoms with Crippen LogP contribution in [0.4, 0.5) is 18.0 Å². The Labute approximate surface area is 168 Å². The monoisotopic (exact) mass is 437 g/mol. The molecule has 6 atom stereocenters. The molecule has 164 valence electrons. The molecule has 2 unspecified atom stereocenters. The van der Waals surface area contributed by atoms with Gasteiger partial charge in [-0.25, -0.2) is 4.79 Å². The van der Waals surface area contributed by atoms with Crippen molar-refractivity contribution >= 4 is 16.2 Å². The van der Waals surface area contributed by atoms with Gasteiger partial charge in [-0.1, -0.05) is 13.8 Å². The number of carbonyl (C=O) groups excluding carboxylic acids is 1. The summed E-state index contributed by atoms with van der Waals surface area (Å²) in [4.78, 5) is 11.8. The van der Waals surface area contributed by atoms with Crippen LogP contribution in [0.1, 0.15) is 52.4 Å². The van der Waals surface area contributed by atoms with E-state index >= 15 is 0 Å². The van der Waals surface area contributed by atoms with Crippen molar-refractivity contribution in [2.75, 3.05) is 6.54 Å². The van der Waals surface area contributed by atoms with Crippen molar-refractivity contribution in [1.82, 2.24) is 5.32 Å². The van der Waals surface area contributed by atoms with Gasteiger partial charge < -0.3 is 14.2 Å². The topological polar surface area (TPSA) is 81.7 Å². The number of rotatable bonds is 2. The van der Waals surface area contributed by atoms with E-state index in [1.54, 1.807) is 0 Å². The summed E-state index contributed by atoms with van der Waals surface area (Å²) in [6.07, 6.45) is 5.02. The second-order valence-corrected chi connectivity index (χ2v) is 10.8. The number of allylic oxidation sites excluding steroid dienone is 2. The van der Waals surface area contributed by atoms with Gasteiger partial charge in [0.05, 0.1) is 0 Å². The predicted molar refractivity (Wildman–Crippen MR) is 96.8 cm³/mol. The molecule has 0 radical (unpaired) electrons. The first-order valence-electron chi connectivity index (χ1n) is 10.0. The Morgan fingerprint density at radius 2 is 1.90 bits per heavy atom. The molecule has 0 bridgehead atoms. The van der Waals surface area contributed by atoms with Crippen molar-refractivity contribution in [3.8, 4) is 0 Å². The van der Waals surface area contributed by atoms with Gasteiger partial charge in [0.15, 0.2) is 0 Å². The number of halogens is 3. The normalized spacial score (nSPS) is 42.4. The summed E-state index contributed by atoms with van der Waals surface area (Å²) in [5, 5.41) is 2.76. The van der Waals surface area contributed by atoms with Crippen molar-refractivity contribution in [2.45, 2.75) is 64.0 Å². The summed E-state index contributed by atoms with van der Waals surface area (Å²) in [7, 11) is -5.68. The third kappa shape index (κ3) is 3.13. The van der Waals surface area contributed by atoms with Crippen LogP contribution in [0.5, 0.6) is 0 Å². The average Bonchev–Trinajstić information content (AvgIpc) is 2.83. The summed E-state index contributed by atoms with van der Waals surface area (Å²) in [5.41, 5.74) is -6.38. The molecule has 4 rings (SSSR count). The summed E-state index contributed by atoms with van der Waals surface area (Å²) >= 11 is 0. The predicted octanol–water partition coefficient (Wildman–Crippen LogP) is 4.09. The number of hydrogen-bond donors (Lipinski definition) is 1. The first-order valence-corrected chi connectivity index (χ1v) is 11.5. The van der Waals surface area contributed by atoms with Crippen LogP contribution in [0, 0.1) is 28.6 Å². The Bertz CT molecular complexity index is 841. The van der Waals surface area contributed by atoms with Crippen LogP contribution in [0.2, 0.25) is 0 Å². The molecule has 4 aliphatic rings. The average molecular weight is 437 g/mol. The van der Waals surface area contributed by atoms with Gasteiger partial charge >= 0.3 is 21.7 Å². The van der Waals surface area contributed by atoms with E-state index in [9.17, 15) is 26.4 Å². The third-order valence-electron chi connectivity index (χ3n) is 7.96. The lowest BCUT2D eigenvalue weighted by Gasteiger charge is -2.57. The quantitative estimate of drug-likeness (QED) is 0.520. The van der Waals surface area contributed by atoms with Crippen LogP contribution in [-0.2, 0) is 19.0 Å². The fraction of sp³-hybridized carbons (Fsp3) is 0.842. The highest BCUT2D eigenvalue weighted by atomic mass is 32.2. The Morgan fingerprint density at radius 1 is 1.17 bits per heavy atom. The van der Waals surface area contributed by atoms with Crippen LogP contribution in [0.15, 0.2) is 11.8 Å². The SMILES string of the molecule is C[C@]12CCNC(=O)OC1CC[C@@H]1C2CC[C@]2(C)C(OS(=O)(=O)C(F)(F)F)=CC[C@@H]12. The van der Waals surface area contributed by atoms with Gasteiger partial charge in [0, 0.05) is 17.4 Å². The van der Waals surface area contributed by atoms with E-state index in [2.05, 4.69) is 16.4 Å². The lowest BCUT2D eigenvalue weighted by molar-refractivity contribution is -0.119. The van der Waals surface area contributed by atoms with Crippen molar-refractivity contribution in [2.24, 2.45) is 28.6 Å². The van der Waals surface area contributed by atoms with Crippen molar-refractivity contribution in [1.29, 1.82) is 0 Å². The molecule has 10 heteroatoms. The molecule has 0 aromatic heterocycles. The number of hydrogen-bond acceptors (Lipinski definition) is 5. The second kappa shape index (κ2) is 6.52. The number of fused-ring (bicyclic) bond motifs is 5. The minimum atomic E-state index is -5.68. The number of amides is 1. The molecule has 1 saturated heterocycles. The minimum absolute atomic E-state index is 0.0179. The van der Waals surface area contributed by atoms with Crippen LogP contribution < -0.4 is 5.32 Å². The molecule has 3 fully saturated rings. The second-order valence-electron chi connectivity index (χ2n) is 9.27. The molecule has 1 aliphatic heterocycles. The van der Waals surface area contributed by atoms with Gasteiger partial charge in [0.25, 0.3) is 0 Å². The van der Waals surface area contributed by atoms with Gasteiger partial charge in [-0.2, -0.15) is 21.6 Å². The molecule has 0 spiro atoms. The number of alkyl carbamates (subject to hydrolysis) is 1. The Morgan fingerprint density at radius 3 is 2.59 bits per heavy atom. The van der Waals surface area contributed by atoms with Gasteiger partial charge in [-0.15, -0.1) is 0 Å². The lowest BCUT2D eigenvalue weighted by atomic mass is 9.48. The first kappa shape index (κ1) is 20.8. The van der Waals surface area contributed by atoms with E-state index < -0.39 is 27.1 Å². The summed E-state index contributed by atoms with van der Waals surface area (Å²) in [5.74, 6) is 0.431. The molecule has 29 heavy (non-hydrogen) atoms. The third-order valence-corrected chi connectivity index (χ3v) is 8.92. The van der Waals surface area contributed by atoms with Crippen molar-refractivity contribution in [3.05, 3.63) is 11.8 Å². The fourth-order valence-corrected chi connectivity index (χ4v) is 6.98. The van der Waals surface area contributed by atoms with Crippen LogP contribution in [-0.4, -0.2) is 32.7 Å². The van der Waals surface area contributed by atoms with Crippen LogP contribution in [0.3, 0.4) is 0 Å². The van der Waals surface area contributed by atoms with E-state index in [4.69, 9.17) is 4.74 Å². The van der Waals surface area contributed by atoms with Gasteiger partial charge in [-0.05, 0) is 62.4 Å². The molecule has 1 N–H and O–H groups in total. The van der Waals surface area contributed by atoms with E-state index in [-0.39, 0.29) is 35.0 Å². The highest BCUT2D eigenvalue weighted by molar-refractivity contribution is 7.87. The van der Waals surface area contributed by atoms with Gasteiger partial charge in [-0.3, -0.25) is 0 Å². The fourth-order valence-electron chi connectivity index (χ4n) is 6.39. The van der Waals surface area contributed by atoms with E-state index in [1.807, 2.05) is 6.92 Å². The maximum absolute atomic E-state index is 12.8. The highest BCUT2D eigenvalue weighted by Crippen LogP contribution is 2.64. The maximum Gasteiger partial charge on any atom is 0.534 e. The molecule has 6 nitrogen and oxygen atoms in total. The smallest absolute Gasteiger partial charge is 0.446 e. The molecular weight excluding hydrogens is 411 g/mol. The highest BCUT2D eigenvalue weighted by Gasteiger charge is 2.61. The molecule has 3 aliphatic carbocycles. The van der Waals surface area contributed by atoms with Gasteiger partial charge in [0.2, 0.25) is 0 Å². The van der Waals surface area contributed by atoms with Crippen molar-refractivity contribution < 1.29 is 35.3 Å². The maximum atomic E-state index is 12.8. The molecule has 0 aromatic carbocycles. The summed E-state index contributed by atoms with van der Waals surface area (Å²) in [6.45, 7) is 4.50. The number of carbonyl (C=O) groups is 1. The Balaban J connectivity index is 1.58. The van der Waals surface area contributed by atoms with E-state index in [0.29, 0.717) is 25.8 Å². The Kier molecular flexibility index (Phi) is 4.68. The molecule has 0 aromatic rings. The van der Waals surface area contributed by atoms with E-state index in [0.717, 1.165) is 19.3 Å². The summed E-state index contributed by atoms with van der Waals surface area (Å²) in [6, 6.07) is 0. The zero-order chi connectivity index (χ0) is 21.2. The zero-order valence-electron chi connectivity index (χ0n) is 16.4. The van der Waals surface area contributed by atoms with Gasteiger partial charge in [0.1, 0.15) is 11.9 Å².